The number of hydrogen-bond donors (Lipinski definition) is 1. The molecule has 3 nitrogen and oxygen atoms in total. The van der Waals surface area contributed by atoms with E-state index >= 15 is 0 Å². The molecule has 0 saturated carbocycles. The van der Waals surface area contributed by atoms with Gasteiger partial charge in [0.25, 0.3) is 5.91 Å². The number of amides is 1. The highest BCUT2D eigenvalue weighted by Gasteiger charge is 2.17. The van der Waals surface area contributed by atoms with Gasteiger partial charge in [0.15, 0.2) is 0 Å². The summed E-state index contributed by atoms with van der Waals surface area (Å²) in [5.74, 6) is -2.14. The summed E-state index contributed by atoms with van der Waals surface area (Å²) in [4.78, 5) is 13.4. The van der Waals surface area contributed by atoms with E-state index in [1.165, 1.54) is 36.2 Å². The number of hydrogen-bond acceptors (Lipinski definition) is 2. The van der Waals surface area contributed by atoms with Gasteiger partial charge in [-0.25, -0.2) is 8.78 Å². The molecule has 6 heteroatoms. The van der Waals surface area contributed by atoms with E-state index in [9.17, 15) is 18.7 Å². The molecule has 0 aliphatic carbocycles. The van der Waals surface area contributed by atoms with Gasteiger partial charge < -0.3 is 10.0 Å². The van der Waals surface area contributed by atoms with Crippen LogP contribution in [0.25, 0.3) is 0 Å². The van der Waals surface area contributed by atoms with E-state index in [0.29, 0.717) is 5.02 Å². The van der Waals surface area contributed by atoms with Gasteiger partial charge in [0.1, 0.15) is 17.4 Å². The Balaban J connectivity index is 2.21. The van der Waals surface area contributed by atoms with Crippen molar-refractivity contribution in [2.75, 3.05) is 7.05 Å². The van der Waals surface area contributed by atoms with Gasteiger partial charge in [0.05, 0.1) is 5.56 Å². The maximum atomic E-state index is 13.6. The van der Waals surface area contributed by atoms with Crippen LogP contribution in [0.4, 0.5) is 8.78 Å². The van der Waals surface area contributed by atoms with E-state index in [4.69, 9.17) is 11.6 Å². The largest absolute Gasteiger partial charge is 0.507 e. The minimum Gasteiger partial charge on any atom is -0.507 e. The van der Waals surface area contributed by atoms with Crippen molar-refractivity contribution >= 4 is 17.5 Å². The second-order valence-electron chi connectivity index (χ2n) is 4.56. The lowest BCUT2D eigenvalue weighted by Gasteiger charge is -2.18. The lowest BCUT2D eigenvalue weighted by molar-refractivity contribution is 0.0781. The molecule has 0 spiro atoms. The molecule has 2 rings (SSSR count). The maximum absolute atomic E-state index is 13.6. The molecule has 2 aromatic rings. The molecule has 0 aliphatic rings. The van der Waals surface area contributed by atoms with Gasteiger partial charge in [-0.1, -0.05) is 17.7 Å². The third kappa shape index (κ3) is 3.49. The zero-order valence-electron chi connectivity index (χ0n) is 11.1. The highest BCUT2D eigenvalue weighted by molar-refractivity contribution is 6.31. The minimum atomic E-state index is -0.732. The van der Waals surface area contributed by atoms with Gasteiger partial charge in [-0.2, -0.15) is 0 Å². The summed E-state index contributed by atoms with van der Waals surface area (Å²) in [5.41, 5.74) is 0.196. The maximum Gasteiger partial charge on any atom is 0.257 e. The van der Waals surface area contributed by atoms with E-state index in [2.05, 4.69) is 0 Å². The standard InChI is InChI=1S/C15H12ClF2NO2/c1-19(8-9-2-4-11(17)7-13(9)18)15(21)12-6-10(16)3-5-14(12)20/h2-7,20H,8H2,1H3. The number of benzene rings is 2. The van der Waals surface area contributed by atoms with Crippen molar-refractivity contribution in [2.24, 2.45) is 0 Å². The van der Waals surface area contributed by atoms with E-state index in [0.717, 1.165) is 12.1 Å². The highest BCUT2D eigenvalue weighted by Crippen LogP contribution is 2.23. The van der Waals surface area contributed by atoms with Crippen molar-refractivity contribution in [2.45, 2.75) is 6.54 Å². The number of rotatable bonds is 3. The van der Waals surface area contributed by atoms with Crippen LogP contribution in [0.3, 0.4) is 0 Å². The number of halogens is 3. The lowest BCUT2D eigenvalue weighted by atomic mass is 10.1. The number of nitrogens with zero attached hydrogens (tertiary/aromatic N) is 1. The van der Waals surface area contributed by atoms with Crippen LogP contribution in [-0.2, 0) is 6.54 Å². The first kappa shape index (κ1) is 15.3. The first-order valence-electron chi connectivity index (χ1n) is 6.06. The molecule has 1 amide bonds. The van der Waals surface area contributed by atoms with Crippen molar-refractivity contribution in [3.63, 3.8) is 0 Å². The van der Waals surface area contributed by atoms with Crippen LogP contribution in [0.1, 0.15) is 15.9 Å². The van der Waals surface area contributed by atoms with Crippen molar-refractivity contribution in [3.8, 4) is 5.75 Å². The molecule has 0 bridgehead atoms. The second kappa shape index (κ2) is 6.10. The topological polar surface area (TPSA) is 40.5 Å². The van der Waals surface area contributed by atoms with Crippen molar-refractivity contribution in [1.29, 1.82) is 0 Å². The normalized spacial score (nSPS) is 10.5. The smallest absolute Gasteiger partial charge is 0.257 e. The Morgan fingerprint density at radius 1 is 1.24 bits per heavy atom. The van der Waals surface area contributed by atoms with E-state index in [1.807, 2.05) is 0 Å². The zero-order chi connectivity index (χ0) is 15.6. The Hall–Kier alpha value is -2.14. The Labute approximate surface area is 125 Å². The van der Waals surface area contributed by atoms with Crippen molar-refractivity contribution < 1.29 is 18.7 Å². The molecule has 0 unspecified atom stereocenters. The predicted octanol–water partition coefficient (Wildman–Crippen LogP) is 3.60. The summed E-state index contributed by atoms with van der Waals surface area (Å²) in [5, 5.41) is 9.98. The minimum absolute atomic E-state index is 0.0209. The van der Waals surface area contributed by atoms with E-state index < -0.39 is 17.5 Å². The second-order valence-corrected chi connectivity index (χ2v) is 4.99. The third-order valence-electron chi connectivity index (χ3n) is 2.96. The van der Waals surface area contributed by atoms with Crippen molar-refractivity contribution in [3.05, 3.63) is 64.2 Å². The summed E-state index contributed by atoms with van der Waals surface area (Å²) in [6.45, 7) is -0.0586. The highest BCUT2D eigenvalue weighted by atomic mass is 35.5. The van der Waals surface area contributed by atoms with Gasteiger partial charge in [0.2, 0.25) is 0 Å². The number of carbonyl (C=O) groups is 1. The molecule has 0 saturated heterocycles. The molecular weight excluding hydrogens is 300 g/mol. The van der Waals surface area contributed by atoms with Gasteiger partial charge >= 0.3 is 0 Å². The molecule has 0 atom stereocenters. The van der Waals surface area contributed by atoms with Crippen LogP contribution in [0, 0.1) is 11.6 Å². The molecule has 0 aliphatic heterocycles. The molecule has 110 valence electrons. The third-order valence-corrected chi connectivity index (χ3v) is 3.19. The molecule has 0 radical (unpaired) electrons. The first-order valence-corrected chi connectivity index (χ1v) is 6.44. The fourth-order valence-electron chi connectivity index (χ4n) is 1.86. The van der Waals surface area contributed by atoms with Crippen LogP contribution < -0.4 is 0 Å². The fourth-order valence-corrected chi connectivity index (χ4v) is 2.03. The average Bonchev–Trinajstić information content (AvgIpc) is 2.43. The number of carbonyl (C=O) groups excluding carboxylic acids is 1. The Kier molecular flexibility index (Phi) is 4.43. The van der Waals surface area contributed by atoms with Gasteiger partial charge in [-0.05, 0) is 24.3 Å². The molecule has 0 heterocycles. The molecule has 21 heavy (non-hydrogen) atoms. The number of phenols is 1. The van der Waals surface area contributed by atoms with Crippen LogP contribution in [0.15, 0.2) is 36.4 Å². The van der Waals surface area contributed by atoms with Crippen molar-refractivity contribution in [1.82, 2.24) is 4.90 Å². The van der Waals surface area contributed by atoms with Gasteiger partial charge in [-0.15, -0.1) is 0 Å². The Morgan fingerprint density at radius 2 is 1.95 bits per heavy atom. The van der Waals surface area contributed by atoms with Gasteiger partial charge in [-0.3, -0.25) is 4.79 Å². The summed E-state index contributed by atoms with van der Waals surface area (Å²) >= 11 is 5.78. The average molecular weight is 312 g/mol. The molecule has 2 aromatic carbocycles. The fraction of sp³-hybridized carbons (Fsp3) is 0.133. The molecule has 1 N–H and O–H groups in total. The van der Waals surface area contributed by atoms with Crippen LogP contribution in [0.2, 0.25) is 5.02 Å². The van der Waals surface area contributed by atoms with E-state index in [-0.39, 0.29) is 23.4 Å². The molecule has 0 aromatic heterocycles. The van der Waals surface area contributed by atoms with Gasteiger partial charge in [0, 0.05) is 30.2 Å². The number of aromatic hydroxyl groups is 1. The van der Waals surface area contributed by atoms with Crippen LogP contribution >= 0.6 is 11.6 Å². The lowest BCUT2D eigenvalue weighted by Crippen LogP contribution is -2.26. The monoisotopic (exact) mass is 311 g/mol. The number of phenolic OH excluding ortho intramolecular Hbond substituents is 1. The summed E-state index contributed by atoms with van der Waals surface area (Å²) in [6.07, 6.45) is 0. The van der Waals surface area contributed by atoms with Crippen LogP contribution in [0.5, 0.6) is 5.75 Å². The van der Waals surface area contributed by atoms with Crippen LogP contribution in [-0.4, -0.2) is 23.0 Å². The molecular formula is C15H12ClF2NO2. The summed E-state index contributed by atoms with van der Waals surface area (Å²) in [6, 6.07) is 7.23. The SMILES string of the molecule is CN(Cc1ccc(F)cc1F)C(=O)c1cc(Cl)ccc1O. The quantitative estimate of drug-likeness (QED) is 0.941. The molecule has 0 fully saturated rings. The van der Waals surface area contributed by atoms with E-state index in [1.54, 1.807) is 0 Å². The summed E-state index contributed by atoms with van der Waals surface area (Å²) in [7, 11) is 1.45. The Morgan fingerprint density at radius 3 is 2.62 bits per heavy atom. The predicted molar refractivity (Wildman–Crippen MR) is 75.3 cm³/mol. The zero-order valence-corrected chi connectivity index (χ0v) is 11.9. The summed E-state index contributed by atoms with van der Waals surface area (Å²) < 4.78 is 26.4. The first-order chi connectivity index (χ1) is 9.88. The Bertz CT molecular complexity index is 691.